The van der Waals surface area contributed by atoms with Crippen LogP contribution in [0.4, 0.5) is 0 Å². The van der Waals surface area contributed by atoms with Crippen molar-refractivity contribution in [2.24, 2.45) is 0 Å². The molecular weight excluding hydrogens is 196 g/mol. The monoisotopic (exact) mass is 206 g/mol. The van der Waals surface area contributed by atoms with Gasteiger partial charge in [0.2, 0.25) is 0 Å². The third kappa shape index (κ3) is 3.50. The first-order valence-electron chi connectivity index (χ1n) is 3.51. The standard InChI is InChI=1S/C8H11ClS2/c1-7(4-9)11-6-8-2-3-10-5-8/h2-3,5,7H,4,6H2,1H3. The van der Waals surface area contributed by atoms with Crippen LogP contribution in [0.3, 0.4) is 0 Å². The summed E-state index contributed by atoms with van der Waals surface area (Å²) in [5.41, 5.74) is 1.41. The van der Waals surface area contributed by atoms with Crippen LogP contribution >= 0.6 is 34.7 Å². The van der Waals surface area contributed by atoms with Crippen LogP contribution in [-0.2, 0) is 5.75 Å². The zero-order valence-electron chi connectivity index (χ0n) is 6.42. The van der Waals surface area contributed by atoms with Gasteiger partial charge in [-0.05, 0) is 22.4 Å². The molecule has 0 N–H and O–H groups in total. The summed E-state index contributed by atoms with van der Waals surface area (Å²) in [5, 5.41) is 4.87. The van der Waals surface area contributed by atoms with Crippen LogP contribution in [0.1, 0.15) is 12.5 Å². The van der Waals surface area contributed by atoms with Crippen LogP contribution in [0.2, 0.25) is 0 Å². The third-order valence-corrected chi connectivity index (χ3v) is 3.95. The molecule has 11 heavy (non-hydrogen) atoms. The van der Waals surface area contributed by atoms with Crippen LogP contribution in [0.25, 0.3) is 0 Å². The van der Waals surface area contributed by atoms with E-state index in [0.717, 1.165) is 11.6 Å². The quantitative estimate of drug-likeness (QED) is 0.679. The second-order valence-electron chi connectivity index (χ2n) is 2.41. The molecular formula is C8H11ClS2. The summed E-state index contributed by atoms with van der Waals surface area (Å²) in [4.78, 5) is 0. The first kappa shape index (κ1) is 9.43. The Kier molecular flexibility index (Phi) is 4.34. The van der Waals surface area contributed by atoms with Crippen LogP contribution in [0, 0.1) is 0 Å². The summed E-state index contributed by atoms with van der Waals surface area (Å²) in [5.74, 6) is 1.84. The molecule has 1 atom stereocenters. The number of hydrogen-bond donors (Lipinski definition) is 0. The largest absolute Gasteiger partial charge is 0.153 e. The zero-order valence-corrected chi connectivity index (χ0v) is 8.81. The molecule has 0 fully saturated rings. The molecule has 0 bridgehead atoms. The van der Waals surface area contributed by atoms with E-state index in [1.165, 1.54) is 5.56 Å². The highest BCUT2D eigenvalue weighted by atomic mass is 35.5. The Morgan fingerprint density at radius 1 is 1.73 bits per heavy atom. The molecule has 1 aromatic rings. The summed E-state index contributed by atoms with van der Waals surface area (Å²) in [6.07, 6.45) is 0. The van der Waals surface area contributed by atoms with Gasteiger partial charge in [-0.3, -0.25) is 0 Å². The lowest BCUT2D eigenvalue weighted by atomic mass is 10.4. The van der Waals surface area contributed by atoms with Crippen molar-refractivity contribution in [1.29, 1.82) is 0 Å². The Morgan fingerprint density at radius 2 is 2.55 bits per heavy atom. The van der Waals surface area contributed by atoms with Gasteiger partial charge >= 0.3 is 0 Å². The third-order valence-electron chi connectivity index (χ3n) is 1.33. The highest BCUT2D eigenvalue weighted by Gasteiger charge is 2.00. The van der Waals surface area contributed by atoms with Crippen LogP contribution < -0.4 is 0 Å². The van der Waals surface area contributed by atoms with E-state index < -0.39 is 0 Å². The number of thiophene rings is 1. The molecule has 0 amide bonds. The maximum Gasteiger partial charge on any atom is 0.0340 e. The highest BCUT2D eigenvalue weighted by Crippen LogP contribution is 2.19. The molecule has 0 nitrogen and oxygen atoms in total. The van der Waals surface area contributed by atoms with Crippen molar-refractivity contribution in [2.45, 2.75) is 17.9 Å². The zero-order chi connectivity index (χ0) is 8.10. The fraction of sp³-hybridized carbons (Fsp3) is 0.500. The lowest BCUT2D eigenvalue weighted by molar-refractivity contribution is 1.12. The van der Waals surface area contributed by atoms with E-state index in [2.05, 4.69) is 23.8 Å². The second-order valence-corrected chi connectivity index (χ2v) is 4.92. The fourth-order valence-corrected chi connectivity index (χ4v) is 2.44. The first-order chi connectivity index (χ1) is 5.33. The molecule has 0 saturated carbocycles. The minimum atomic E-state index is 0.566. The van der Waals surface area contributed by atoms with Gasteiger partial charge in [0.25, 0.3) is 0 Å². The lowest BCUT2D eigenvalue weighted by Gasteiger charge is -2.04. The summed E-state index contributed by atoms with van der Waals surface area (Å²) in [7, 11) is 0. The average molecular weight is 207 g/mol. The number of rotatable bonds is 4. The molecule has 3 heteroatoms. The van der Waals surface area contributed by atoms with Gasteiger partial charge in [0.05, 0.1) is 0 Å². The molecule has 1 rings (SSSR count). The number of alkyl halides is 1. The summed E-state index contributed by atoms with van der Waals surface area (Å²) in [6, 6.07) is 2.17. The smallest absolute Gasteiger partial charge is 0.0340 e. The van der Waals surface area contributed by atoms with Crippen LogP contribution in [0.5, 0.6) is 0 Å². The van der Waals surface area contributed by atoms with E-state index in [-0.39, 0.29) is 0 Å². The second kappa shape index (κ2) is 5.07. The van der Waals surface area contributed by atoms with Crippen molar-refractivity contribution >= 4 is 34.7 Å². The molecule has 0 aliphatic heterocycles. The molecule has 1 unspecified atom stereocenters. The fourth-order valence-electron chi connectivity index (χ4n) is 0.658. The Balaban J connectivity index is 2.23. The van der Waals surface area contributed by atoms with E-state index >= 15 is 0 Å². The van der Waals surface area contributed by atoms with Crippen molar-refractivity contribution in [3.8, 4) is 0 Å². The molecule has 0 spiro atoms. The van der Waals surface area contributed by atoms with E-state index in [1.54, 1.807) is 11.3 Å². The molecule has 1 heterocycles. The Labute approximate surface area is 81.0 Å². The Morgan fingerprint density at radius 3 is 3.09 bits per heavy atom. The van der Waals surface area contributed by atoms with Gasteiger partial charge < -0.3 is 0 Å². The number of thioether (sulfide) groups is 1. The predicted octanol–water partition coefficient (Wildman–Crippen LogP) is 3.61. The highest BCUT2D eigenvalue weighted by molar-refractivity contribution is 7.99. The molecule has 0 radical (unpaired) electrons. The Bertz CT molecular complexity index is 184. The first-order valence-corrected chi connectivity index (χ1v) is 6.04. The van der Waals surface area contributed by atoms with Crippen molar-refractivity contribution in [3.05, 3.63) is 22.4 Å². The summed E-state index contributed by atoms with van der Waals surface area (Å²) >= 11 is 9.34. The van der Waals surface area contributed by atoms with Crippen LogP contribution in [-0.4, -0.2) is 11.1 Å². The lowest BCUT2D eigenvalue weighted by Crippen LogP contribution is -1.96. The predicted molar refractivity (Wildman–Crippen MR) is 55.8 cm³/mol. The topological polar surface area (TPSA) is 0 Å². The maximum atomic E-state index is 5.67. The van der Waals surface area contributed by atoms with Crippen molar-refractivity contribution < 1.29 is 0 Å². The molecule has 0 aliphatic carbocycles. The minimum Gasteiger partial charge on any atom is -0.153 e. The van der Waals surface area contributed by atoms with Gasteiger partial charge in [0.15, 0.2) is 0 Å². The van der Waals surface area contributed by atoms with E-state index in [1.807, 2.05) is 11.8 Å². The summed E-state index contributed by atoms with van der Waals surface area (Å²) in [6.45, 7) is 2.16. The SMILES string of the molecule is CC(CCl)SCc1ccsc1. The molecule has 0 aromatic carbocycles. The van der Waals surface area contributed by atoms with Gasteiger partial charge in [-0.1, -0.05) is 6.92 Å². The molecule has 0 aliphatic rings. The molecule has 62 valence electrons. The Hall–Kier alpha value is 0.340. The van der Waals surface area contributed by atoms with Gasteiger partial charge in [0, 0.05) is 16.9 Å². The molecule has 0 saturated heterocycles. The summed E-state index contributed by atoms with van der Waals surface area (Å²) < 4.78 is 0. The van der Waals surface area contributed by atoms with E-state index in [0.29, 0.717) is 5.25 Å². The maximum absolute atomic E-state index is 5.67. The van der Waals surface area contributed by atoms with Gasteiger partial charge in [0.1, 0.15) is 0 Å². The van der Waals surface area contributed by atoms with E-state index in [9.17, 15) is 0 Å². The minimum absolute atomic E-state index is 0.566. The number of halogens is 1. The van der Waals surface area contributed by atoms with Gasteiger partial charge in [-0.25, -0.2) is 0 Å². The van der Waals surface area contributed by atoms with Crippen molar-refractivity contribution in [2.75, 3.05) is 5.88 Å². The molecule has 1 aromatic heterocycles. The number of hydrogen-bond acceptors (Lipinski definition) is 2. The average Bonchev–Trinajstić information content (AvgIpc) is 2.52. The normalized spacial score (nSPS) is 13.3. The van der Waals surface area contributed by atoms with Crippen LogP contribution in [0.15, 0.2) is 16.8 Å². The van der Waals surface area contributed by atoms with E-state index in [4.69, 9.17) is 11.6 Å². The van der Waals surface area contributed by atoms with Gasteiger partial charge in [-0.15, -0.1) is 11.6 Å². The van der Waals surface area contributed by atoms with Crippen molar-refractivity contribution in [1.82, 2.24) is 0 Å². The van der Waals surface area contributed by atoms with Gasteiger partial charge in [-0.2, -0.15) is 23.1 Å². The van der Waals surface area contributed by atoms with Crippen molar-refractivity contribution in [3.63, 3.8) is 0 Å².